The predicted molar refractivity (Wildman–Crippen MR) is 78.3 cm³/mol. The van der Waals surface area contributed by atoms with Gasteiger partial charge in [0.25, 0.3) is 0 Å². The first-order chi connectivity index (χ1) is 9.42. The van der Waals surface area contributed by atoms with Crippen molar-refractivity contribution in [1.82, 2.24) is 10.2 Å². The summed E-state index contributed by atoms with van der Waals surface area (Å²) in [6, 6.07) is 2.55. The van der Waals surface area contributed by atoms with Gasteiger partial charge in [0.15, 0.2) is 0 Å². The normalized spacial score (nSPS) is 20.2. The molecule has 0 aliphatic carbocycles. The molecule has 1 rings (SSSR count). The fraction of sp³-hybridized carbons (Fsp3) is 0.867. The van der Waals surface area contributed by atoms with E-state index in [1.807, 2.05) is 20.8 Å². The van der Waals surface area contributed by atoms with Crippen LogP contribution in [0.25, 0.3) is 0 Å². The minimum Gasteiger partial charge on any atom is -0.444 e. The molecular formula is C15H27N3O2. The van der Waals surface area contributed by atoms with Crippen LogP contribution in [0.1, 0.15) is 52.9 Å². The number of alkyl carbamates (subject to hydrolysis) is 1. The lowest BCUT2D eigenvalue weighted by molar-refractivity contribution is 0.0495. The van der Waals surface area contributed by atoms with Gasteiger partial charge in [-0.15, -0.1) is 0 Å². The van der Waals surface area contributed by atoms with E-state index < -0.39 is 5.60 Å². The summed E-state index contributed by atoms with van der Waals surface area (Å²) in [4.78, 5) is 14.1. The van der Waals surface area contributed by atoms with Crippen molar-refractivity contribution in [1.29, 1.82) is 5.26 Å². The molecule has 1 unspecified atom stereocenters. The van der Waals surface area contributed by atoms with Crippen molar-refractivity contribution in [2.24, 2.45) is 0 Å². The van der Waals surface area contributed by atoms with Crippen LogP contribution in [0.3, 0.4) is 0 Å². The molecule has 0 bridgehead atoms. The van der Waals surface area contributed by atoms with Gasteiger partial charge in [0, 0.05) is 19.0 Å². The Bertz CT molecular complexity index is 344. The number of piperidine rings is 1. The van der Waals surface area contributed by atoms with Gasteiger partial charge in [0.2, 0.25) is 0 Å². The molecule has 1 saturated heterocycles. The highest BCUT2D eigenvalue weighted by molar-refractivity contribution is 5.67. The van der Waals surface area contributed by atoms with E-state index in [2.05, 4.69) is 16.3 Å². The quantitative estimate of drug-likeness (QED) is 0.787. The number of hydrogen-bond donors (Lipinski definition) is 1. The lowest BCUT2D eigenvalue weighted by atomic mass is 10.0. The Balaban J connectivity index is 2.35. The van der Waals surface area contributed by atoms with Crippen LogP contribution in [0.4, 0.5) is 4.79 Å². The summed E-state index contributed by atoms with van der Waals surface area (Å²) in [5, 5.41) is 11.5. The average molecular weight is 281 g/mol. The minimum absolute atomic E-state index is 0.347. The Hall–Kier alpha value is -1.28. The second kappa shape index (κ2) is 8.11. The Morgan fingerprint density at radius 3 is 2.85 bits per heavy atom. The van der Waals surface area contributed by atoms with Gasteiger partial charge < -0.3 is 10.1 Å². The maximum atomic E-state index is 11.7. The van der Waals surface area contributed by atoms with Crippen molar-refractivity contribution >= 4 is 6.09 Å². The molecule has 0 radical (unpaired) electrons. The van der Waals surface area contributed by atoms with E-state index in [1.54, 1.807) is 0 Å². The van der Waals surface area contributed by atoms with E-state index in [0.717, 1.165) is 25.9 Å². The smallest absolute Gasteiger partial charge is 0.407 e. The van der Waals surface area contributed by atoms with Crippen LogP contribution in [0.15, 0.2) is 0 Å². The highest BCUT2D eigenvalue weighted by atomic mass is 16.6. The van der Waals surface area contributed by atoms with Gasteiger partial charge in [-0.3, -0.25) is 4.90 Å². The average Bonchev–Trinajstić information content (AvgIpc) is 2.36. The predicted octanol–water partition coefficient (Wildman–Crippen LogP) is 2.67. The zero-order valence-electron chi connectivity index (χ0n) is 12.9. The number of unbranched alkanes of at least 4 members (excludes halogenated alkanes) is 1. The van der Waals surface area contributed by atoms with E-state index in [1.165, 1.54) is 12.8 Å². The van der Waals surface area contributed by atoms with Crippen LogP contribution in [0, 0.1) is 11.3 Å². The van der Waals surface area contributed by atoms with Crippen molar-refractivity contribution in [2.45, 2.75) is 64.5 Å². The molecule has 0 aromatic heterocycles. The van der Waals surface area contributed by atoms with E-state index in [4.69, 9.17) is 10.00 Å². The standard InChI is InChI=1S/C15H27N3O2/c1-15(2,3)20-14(19)17-12-13-8-4-6-10-18(13)11-7-5-9-16/h13H,4-8,10-12H2,1-3H3,(H,17,19). The maximum absolute atomic E-state index is 11.7. The third-order valence-electron chi connectivity index (χ3n) is 3.36. The topological polar surface area (TPSA) is 65.4 Å². The number of nitrogens with one attached hydrogen (secondary N) is 1. The molecule has 114 valence electrons. The van der Waals surface area contributed by atoms with E-state index in [-0.39, 0.29) is 6.09 Å². The number of likely N-dealkylation sites (tertiary alicyclic amines) is 1. The van der Waals surface area contributed by atoms with Crippen LogP contribution in [0.5, 0.6) is 0 Å². The first-order valence-corrected chi connectivity index (χ1v) is 7.50. The molecular weight excluding hydrogens is 254 g/mol. The van der Waals surface area contributed by atoms with Gasteiger partial charge in [-0.25, -0.2) is 4.79 Å². The molecule has 5 heteroatoms. The SMILES string of the molecule is CC(C)(C)OC(=O)NCC1CCCCN1CCCC#N. The van der Waals surface area contributed by atoms with Crippen molar-refractivity contribution < 1.29 is 9.53 Å². The summed E-state index contributed by atoms with van der Waals surface area (Å²) < 4.78 is 5.25. The Morgan fingerprint density at radius 1 is 1.45 bits per heavy atom. The van der Waals surface area contributed by atoms with Crippen molar-refractivity contribution in [2.75, 3.05) is 19.6 Å². The molecule has 5 nitrogen and oxygen atoms in total. The molecule has 0 aromatic carbocycles. The van der Waals surface area contributed by atoms with Gasteiger partial charge in [0.05, 0.1) is 6.07 Å². The summed E-state index contributed by atoms with van der Waals surface area (Å²) in [5.41, 5.74) is -0.455. The monoisotopic (exact) mass is 281 g/mol. The number of ether oxygens (including phenoxy) is 1. The lowest BCUT2D eigenvalue weighted by Gasteiger charge is -2.35. The zero-order valence-corrected chi connectivity index (χ0v) is 12.9. The van der Waals surface area contributed by atoms with Gasteiger partial charge in [-0.05, 0) is 53.1 Å². The van der Waals surface area contributed by atoms with Crippen molar-refractivity contribution in [3.8, 4) is 6.07 Å². The molecule has 1 N–H and O–H groups in total. The molecule has 1 heterocycles. The first-order valence-electron chi connectivity index (χ1n) is 7.50. The molecule has 1 atom stereocenters. The maximum Gasteiger partial charge on any atom is 0.407 e. The molecule has 0 aromatic rings. The second-order valence-electron chi connectivity index (χ2n) is 6.33. The van der Waals surface area contributed by atoms with Crippen LogP contribution >= 0.6 is 0 Å². The number of carbonyl (C=O) groups is 1. The molecule has 0 saturated carbocycles. The molecule has 20 heavy (non-hydrogen) atoms. The number of carbonyl (C=O) groups excluding carboxylic acids is 1. The van der Waals surface area contributed by atoms with E-state index in [9.17, 15) is 4.79 Å². The zero-order chi connectivity index (χ0) is 15.0. The molecule has 0 spiro atoms. The second-order valence-corrected chi connectivity index (χ2v) is 6.33. The van der Waals surface area contributed by atoms with Crippen LogP contribution in [-0.2, 0) is 4.74 Å². The van der Waals surface area contributed by atoms with E-state index >= 15 is 0 Å². The van der Waals surface area contributed by atoms with Crippen LogP contribution < -0.4 is 5.32 Å². The molecule has 1 aliphatic rings. The third-order valence-corrected chi connectivity index (χ3v) is 3.36. The molecule has 1 fully saturated rings. The van der Waals surface area contributed by atoms with Gasteiger partial charge >= 0.3 is 6.09 Å². The fourth-order valence-corrected chi connectivity index (χ4v) is 2.46. The van der Waals surface area contributed by atoms with Crippen LogP contribution in [0.2, 0.25) is 0 Å². The molecule has 1 aliphatic heterocycles. The highest BCUT2D eigenvalue weighted by Crippen LogP contribution is 2.17. The summed E-state index contributed by atoms with van der Waals surface area (Å²) in [7, 11) is 0. The van der Waals surface area contributed by atoms with Crippen molar-refractivity contribution in [3.63, 3.8) is 0 Å². The van der Waals surface area contributed by atoms with Gasteiger partial charge in [0.1, 0.15) is 5.60 Å². The Morgan fingerprint density at radius 2 is 2.20 bits per heavy atom. The summed E-state index contributed by atoms with van der Waals surface area (Å²) in [5.74, 6) is 0. The van der Waals surface area contributed by atoms with E-state index in [0.29, 0.717) is 19.0 Å². The summed E-state index contributed by atoms with van der Waals surface area (Å²) >= 11 is 0. The molecule has 1 amide bonds. The first kappa shape index (κ1) is 16.8. The Labute approximate surface area is 122 Å². The summed E-state index contributed by atoms with van der Waals surface area (Å²) in [6.45, 7) is 8.21. The van der Waals surface area contributed by atoms with Crippen LogP contribution in [-0.4, -0.2) is 42.3 Å². The highest BCUT2D eigenvalue weighted by Gasteiger charge is 2.23. The van der Waals surface area contributed by atoms with Crippen molar-refractivity contribution in [3.05, 3.63) is 0 Å². The number of hydrogen-bond acceptors (Lipinski definition) is 4. The number of nitriles is 1. The fourth-order valence-electron chi connectivity index (χ4n) is 2.46. The third kappa shape index (κ3) is 6.76. The largest absolute Gasteiger partial charge is 0.444 e. The summed E-state index contributed by atoms with van der Waals surface area (Å²) in [6.07, 6.45) is 4.66. The lowest BCUT2D eigenvalue weighted by Crippen LogP contribution is -2.47. The van der Waals surface area contributed by atoms with Gasteiger partial charge in [-0.1, -0.05) is 6.42 Å². The number of amides is 1. The number of rotatable bonds is 5. The number of nitrogens with zero attached hydrogens (tertiary/aromatic N) is 2. The van der Waals surface area contributed by atoms with Gasteiger partial charge in [-0.2, -0.15) is 5.26 Å². The Kier molecular flexibility index (Phi) is 6.80. The minimum atomic E-state index is -0.455.